The van der Waals surface area contributed by atoms with E-state index in [1.54, 1.807) is 31.2 Å². The maximum atomic E-state index is 12.5. The first-order chi connectivity index (χ1) is 9.56. The molecule has 0 aliphatic heterocycles. The van der Waals surface area contributed by atoms with Crippen molar-refractivity contribution in [2.75, 3.05) is 0 Å². The van der Waals surface area contributed by atoms with E-state index >= 15 is 0 Å². The molecular weight excluding hydrogens is 248 g/mol. The number of allylic oxidation sites excluding steroid dienone is 4. The first-order valence-corrected chi connectivity index (χ1v) is 7.10. The van der Waals surface area contributed by atoms with Gasteiger partial charge in [-0.3, -0.25) is 9.59 Å². The lowest BCUT2D eigenvalue weighted by atomic mass is 9.83. The van der Waals surface area contributed by atoms with Crippen LogP contribution in [0.15, 0.2) is 47.1 Å². The van der Waals surface area contributed by atoms with E-state index in [-0.39, 0.29) is 11.6 Å². The molecular formula is C18H20O2. The van der Waals surface area contributed by atoms with Crippen molar-refractivity contribution in [3.63, 3.8) is 0 Å². The SMILES string of the molecule is CCC/C(C)=C/CC1=C(C)C(=O)c2ccccc2C1=O. The molecule has 0 radical (unpaired) electrons. The highest BCUT2D eigenvalue weighted by atomic mass is 16.1. The molecule has 1 aliphatic rings. The third-order valence-electron chi connectivity index (χ3n) is 3.78. The fourth-order valence-corrected chi connectivity index (χ4v) is 2.57. The smallest absolute Gasteiger partial charge is 0.190 e. The van der Waals surface area contributed by atoms with Crippen LogP contribution >= 0.6 is 0 Å². The van der Waals surface area contributed by atoms with E-state index in [4.69, 9.17) is 0 Å². The van der Waals surface area contributed by atoms with E-state index in [1.807, 2.05) is 0 Å². The van der Waals surface area contributed by atoms with Gasteiger partial charge in [-0.2, -0.15) is 0 Å². The Kier molecular flexibility index (Phi) is 4.33. The predicted molar refractivity (Wildman–Crippen MR) is 81.1 cm³/mol. The highest BCUT2D eigenvalue weighted by Crippen LogP contribution is 2.28. The van der Waals surface area contributed by atoms with Crippen LogP contribution in [0, 0.1) is 0 Å². The summed E-state index contributed by atoms with van der Waals surface area (Å²) in [7, 11) is 0. The number of hydrogen-bond acceptors (Lipinski definition) is 2. The Morgan fingerprint density at radius 2 is 1.70 bits per heavy atom. The number of fused-ring (bicyclic) bond motifs is 1. The molecule has 0 saturated carbocycles. The number of hydrogen-bond donors (Lipinski definition) is 0. The molecule has 0 bridgehead atoms. The van der Waals surface area contributed by atoms with E-state index in [9.17, 15) is 9.59 Å². The number of carbonyl (C=O) groups is 2. The first-order valence-electron chi connectivity index (χ1n) is 7.10. The van der Waals surface area contributed by atoms with Crippen LogP contribution in [0.2, 0.25) is 0 Å². The minimum Gasteiger partial charge on any atom is -0.289 e. The zero-order chi connectivity index (χ0) is 14.7. The molecule has 0 N–H and O–H groups in total. The molecule has 0 saturated heterocycles. The summed E-state index contributed by atoms with van der Waals surface area (Å²) in [5.74, 6) is -0.0185. The Labute approximate surface area is 120 Å². The summed E-state index contributed by atoms with van der Waals surface area (Å²) in [5, 5.41) is 0. The van der Waals surface area contributed by atoms with Gasteiger partial charge < -0.3 is 0 Å². The maximum Gasteiger partial charge on any atom is 0.190 e. The van der Waals surface area contributed by atoms with Gasteiger partial charge in [0.2, 0.25) is 0 Å². The van der Waals surface area contributed by atoms with Gasteiger partial charge in [-0.05, 0) is 26.7 Å². The van der Waals surface area contributed by atoms with Crippen LogP contribution in [0.5, 0.6) is 0 Å². The van der Waals surface area contributed by atoms with Crippen LogP contribution in [-0.2, 0) is 0 Å². The molecule has 2 rings (SSSR count). The van der Waals surface area contributed by atoms with Crippen molar-refractivity contribution in [3.8, 4) is 0 Å². The number of Topliss-reactive ketones (excluding diaryl/α,β-unsaturated/α-hetero) is 2. The Morgan fingerprint density at radius 1 is 1.10 bits per heavy atom. The standard InChI is InChI=1S/C18H20O2/c1-4-7-12(2)10-11-14-13(3)17(19)15-8-5-6-9-16(15)18(14)20/h5-6,8-10H,4,7,11H2,1-3H3/b12-10+. The fourth-order valence-electron chi connectivity index (χ4n) is 2.57. The third-order valence-corrected chi connectivity index (χ3v) is 3.78. The van der Waals surface area contributed by atoms with E-state index < -0.39 is 0 Å². The average molecular weight is 268 g/mol. The summed E-state index contributed by atoms with van der Waals surface area (Å²) in [6, 6.07) is 7.08. The van der Waals surface area contributed by atoms with Gasteiger partial charge >= 0.3 is 0 Å². The second-order valence-corrected chi connectivity index (χ2v) is 5.31. The van der Waals surface area contributed by atoms with Crippen molar-refractivity contribution in [3.05, 3.63) is 58.2 Å². The van der Waals surface area contributed by atoms with Crippen LogP contribution in [0.4, 0.5) is 0 Å². The van der Waals surface area contributed by atoms with Crippen molar-refractivity contribution < 1.29 is 9.59 Å². The van der Waals surface area contributed by atoms with Gasteiger partial charge in [0, 0.05) is 22.3 Å². The van der Waals surface area contributed by atoms with E-state index in [2.05, 4.69) is 19.9 Å². The Balaban J connectivity index is 2.35. The van der Waals surface area contributed by atoms with Gasteiger partial charge in [-0.15, -0.1) is 0 Å². The molecule has 2 heteroatoms. The highest BCUT2D eigenvalue weighted by molar-refractivity contribution is 6.26. The van der Waals surface area contributed by atoms with Crippen molar-refractivity contribution in [1.29, 1.82) is 0 Å². The lowest BCUT2D eigenvalue weighted by molar-refractivity contribution is 0.0973. The van der Waals surface area contributed by atoms with Gasteiger partial charge in [-0.25, -0.2) is 0 Å². The van der Waals surface area contributed by atoms with Crippen molar-refractivity contribution in [2.45, 2.75) is 40.0 Å². The lowest BCUT2D eigenvalue weighted by Crippen LogP contribution is -2.20. The second kappa shape index (κ2) is 6.00. The number of carbonyl (C=O) groups excluding carboxylic acids is 2. The van der Waals surface area contributed by atoms with Gasteiger partial charge in [0.1, 0.15) is 0 Å². The van der Waals surface area contributed by atoms with Crippen molar-refractivity contribution >= 4 is 11.6 Å². The third kappa shape index (κ3) is 2.64. The Morgan fingerprint density at radius 3 is 2.30 bits per heavy atom. The normalized spacial score (nSPS) is 15.7. The zero-order valence-corrected chi connectivity index (χ0v) is 12.3. The molecule has 1 aliphatic carbocycles. The summed E-state index contributed by atoms with van der Waals surface area (Å²) in [4.78, 5) is 24.8. The van der Waals surface area contributed by atoms with Gasteiger partial charge in [-0.1, -0.05) is 49.3 Å². The molecule has 0 amide bonds. The molecule has 0 unspecified atom stereocenters. The summed E-state index contributed by atoms with van der Waals surface area (Å²) in [5.41, 5.74) is 3.58. The summed E-state index contributed by atoms with van der Waals surface area (Å²) < 4.78 is 0. The predicted octanol–water partition coefficient (Wildman–Crippen LogP) is 4.52. The largest absolute Gasteiger partial charge is 0.289 e. The fraction of sp³-hybridized carbons (Fsp3) is 0.333. The molecule has 0 aromatic heterocycles. The van der Waals surface area contributed by atoms with Gasteiger partial charge in [0.05, 0.1) is 0 Å². The molecule has 0 heterocycles. The molecule has 104 valence electrons. The summed E-state index contributed by atoms with van der Waals surface area (Å²) >= 11 is 0. The molecule has 0 atom stereocenters. The summed E-state index contributed by atoms with van der Waals surface area (Å²) in [6.45, 7) is 5.96. The lowest BCUT2D eigenvalue weighted by Gasteiger charge is -2.18. The molecule has 2 nitrogen and oxygen atoms in total. The average Bonchev–Trinajstić information content (AvgIpc) is 2.45. The molecule has 0 fully saturated rings. The molecule has 1 aromatic carbocycles. The summed E-state index contributed by atoms with van der Waals surface area (Å²) in [6.07, 6.45) is 4.75. The maximum absolute atomic E-state index is 12.5. The molecule has 20 heavy (non-hydrogen) atoms. The van der Waals surface area contributed by atoms with Crippen molar-refractivity contribution in [2.24, 2.45) is 0 Å². The quantitative estimate of drug-likeness (QED) is 0.752. The first kappa shape index (κ1) is 14.4. The molecule has 0 spiro atoms. The Bertz CT molecular complexity index is 618. The Hall–Kier alpha value is -1.96. The highest BCUT2D eigenvalue weighted by Gasteiger charge is 2.28. The molecule has 1 aromatic rings. The van der Waals surface area contributed by atoms with E-state index in [1.165, 1.54) is 5.57 Å². The number of benzene rings is 1. The number of rotatable bonds is 4. The van der Waals surface area contributed by atoms with Crippen LogP contribution < -0.4 is 0 Å². The van der Waals surface area contributed by atoms with Gasteiger partial charge in [0.25, 0.3) is 0 Å². The van der Waals surface area contributed by atoms with Crippen LogP contribution in [-0.4, -0.2) is 11.6 Å². The van der Waals surface area contributed by atoms with Gasteiger partial charge in [0.15, 0.2) is 11.6 Å². The monoisotopic (exact) mass is 268 g/mol. The van der Waals surface area contributed by atoms with E-state index in [0.717, 1.165) is 12.8 Å². The topological polar surface area (TPSA) is 34.1 Å². The van der Waals surface area contributed by atoms with Crippen LogP contribution in [0.1, 0.15) is 60.7 Å². The minimum atomic E-state index is -0.0169. The number of ketones is 2. The van der Waals surface area contributed by atoms with Crippen molar-refractivity contribution in [1.82, 2.24) is 0 Å². The van der Waals surface area contributed by atoms with Crippen LogP contribution in [0.25, 0.3) is 0 Å². The minimum absolute atomic E-state index is 0.00162. The second-order valence-electron chi connectivity index (χ2n) is 5.31. The van der Waals surface area contributed by atoms with Crippen LogP contribution in [0.3, 0.4) is 0 Å². The zero-order valence-electron chi connectivity index (χ0n) is 12.3. The van der Waals surface area contributed by atoms with E-state index in [0.29, 0.717) is 28.7 Å².